The van der Waals surface area contributed by atoms with Crippen LogP contribution < -0.4 is 9.64 Å². The summed E-state index contributed by atoms with van der Waals surface area (Å²) < 4.78 is 5.18. The average Bonchev–Trinajstić information content (AvgIpc) is 3.26. The predicted molar refractivity (Wildman–Crippen MR) is 115 cm³/mol. The molecule has 0 bridgehead atoms. The molecule has 0 aliphatic carbocycles. The van der Waals surface area contributed by atoms with E-state index >= 15 is 0 Å². The number of hydrogen-bond acceptors (Lipinski definition) is 5. The highest BCUT2D eigenvalue weighted by Crippen LogP contribution is 2.36. The largest absolute Gasteiger partial charge is 0.510 e. The first-order valence-electron chi connectivity index (χ1n) is 8.63. The zero-order chi connectivity index (χ0) is 19.8. The number of amidine groups is 1. The SMILES string of the molecule is COc1ccc(N2CC(O)=C(c3nc(-c4ccc(C)cc4)cs3)C2=N)cc1Cl. The molecule has 0 unspecified atom stereocenters. The van der Waals surface area contributed by atoms with E-state index in [2.05, 4.69) is 4.98 Å². The van der Waals surface area contributed by atoms with E-state index in [1.54, 1.807) is 24.1 Å². The molecular weight excluding hydrogens is 394 g/mol. The van der Waals surface area contributed by atoms with Crippen LogP contribution in [0.5, 0.6) is 5.75 Å². The normalized spacial score (nSPS) is 14.1. The molecule has 2 N–H and O–H groups in total. The van der Waals surface area contributed by atoms with Crippen molar-refractivity contribution in [2.24, 2.45) is 0 Å². The van der Waals surface area contributed by atoms with Crippen LogP contribution in [0.25, 0.3) is 16.8 Å². The zero-order valence-electron chi connectivity index (χ0n) is 15.4. The van der Waals surface area contributed by atoms with E-state index in [0.717, 1.165) is 11.3 Å². The van der Waals surface area contributed by atoms with Crippen LogP contribution in [-0.2, 0) is 0 Å². The van der Waals surface area contributed by atoms with E-state index in [1.807, 2.05) is 42.6 Å². The molecule has 0 saturated carbocycles. The summed E-state index contributed by atoms with van der Waals surface area (Å²) in [4.78, 5) is 6.35. The molecule has 1 aliphatic rings. The van der Waals surface area contributed by atoms with E-state index in [4.69, 9.17) is 21.7 Å². The molecule has 1 aromatic heterocycles. The number of aliphatic hydroxyl groups excluding tert-OH is 1. The number of methoxy groups -OCH3 is 1. The number of aromatic nitrogens is 1. The lowest BCUT2D eigenvalue weighted by atomic mass is 10.1. The van der Waals surface area contributed by atoms with Crippen molar-refractivity contribution in [2.45, 2.75) is 6.92 Å². The quantitative estimate of drug-likeness (QED) is 0.590. The molecule has 4 rings (SSSR count). The molecule has 0 saturated heterocycles. The molecule has 0 amide bonds. The predicted octanol–water partition coefficient (Wildman–Crippen LogP) is 5.55. The number of aryl methyl sites for hydroxylation is 1. The van der Waals surface area contributed by atoms with Gasteiger partial charge in [0.25, 0.3) is 0 Å². The summed E-state index contributed by atoms with van der Waals surface area (Å²) in [6.45, 7) is 2.25. The van der Waals surface area contributed by atoms with Crippen LogP contribution in [0, 0.1) is 12.3 Å². The Bertz CT molecular complexity index is 1090. The summed E-state index contributed by atoms with van der Waals surface area (Å²) in [7, 11) is 1.55. The van der Waals surface area contributed by atoms with Crippen molar-refractivity contribution in [1.82, 2.24) is 4.98 Å². The van der Waals surface area contributed by atoms with Crippen molar-refractivity contribution in [2.75, 3.05) is 18.6 Å². The smallest absolute Gasteiger partial charge is 0.139 e. The van der Waals surface area contributed by atoms with Gasteiger partial charge in [-0.2, -0.15) is 0 Å². The fourth-order valence-corrected chi connectivity index (χ4v) is 4.24. The number of rotatable bonds is 4. The minimum absolute atomic E-state index is 0.127. The fourth-order valence-electron chi connectivity index (χ4n) is 3.09. The molecule has 3 aromatic rings. The second-order valence-corrected chi connectivity index (χ2v) is 7.74. The Morgan fingerprint density at radius 3 is 2.64 bits per heavy atom. The third-order valence-electron chi connectivity index (χ3n) is 4.62. The summed E-state index contributed by atoms with van der Waals surface area (Å²) in [5, 5.41) is 22.1. The van der Waals surface area contributed by atoms with E-state index in [0.29, 0.717) is 27.0 Å². The first kappa shape index (κ1) is 18.5. The third-order valence-corrected chi connectivity index (χ3v) is 5.77. The number of halogens is 1. The van der Waals surface area contributed by atoms with E-state index < -0.39 is 0 Å². The van der Waals surface area contributed by atoms with E-state index in [1.165, 1.54) is 16.9 Å². The monoisotopic (exact) mass is 411 g/mol. The zero-order valence-corrected chi connectivity index (χ0v) is 16.9. The van der Waals surface area contributed by atoms with Crippen LogP contribution in [0.15, 0.2) is 53.6 Å². The second-order valence-electron chi connectivity index (χ2n) is 6.48. The minimum Gasteiger partial charge on any atom is -0.510 e. The number of nitrogens with zero attached hydrogens (tertiary/aromatic N) is 2. The molecule has 0 fully saturated rings. The molecule has 0 atom stereocenters. The number of anilines is 1. The van der Waals surface area contributed by atoms with Crippen LogP contribution >= 0.6 is 22.9 Å². The number of ether oxygens (including phenoxy) is 1. The number of hydrogen-bond donors (Lipinski definition) is 2. The van der Waals surface area contributed by atoms with Gasteiger partial charge in [0.2, 0.25) is 0 Å². The first-order valence-corrected chi connectivity index (χ1v) is 9.88. The lowest BCUT2D eigenvalue weighted by Gasteiger charge is -2.19. The van der Waals surface area contributed by atoms with Crippen LogP contribution in [0.3, 0.4) is 0 Å². The van der Waals surface area contributed by atoms with Gasteiger partial charge >= 0.3 is 0 Å². The van der Waals surface area contributed by atoms with Gasteiger partial charge in [-0.1, -0.05) is 41.4 Å². The first-order chi connectivity index (χ1) is 13.5. The van der Waals surface area contributed by atoms with Gasteiger partial charge in [0.1, 0.15) is 22.4 Å². The highest BCUT2D eigenvalue weighted by Gasteiger charge is 2.31. The van der Waals surface area contributed by atoms with Gasteiger partial charge in [-0.05, 0) is 25.1 Å². The van der Waals surface area contributed by atoms with Gasteiger partial charge in [0.05, 0.1) is 29.9 Å². The molecule has 142 valence electrons. The number of benzene rings is 2. The summed E-state index contributed by atoms with van der Waals surface area (Å²) in [6.07, 6.45) is 0. The van der Waals surface area contributed by atoms with Crippen molar-refractivity contribution in [3.8, 4) is 17.0 Å². The standard InChI is InChI=1S/C21H18ClN3O2S/c1-12-3-5-13(6-4-12)16-11-28-21(24-16)19-17(26)10-25(20(19)23)14-7-8-18(27-2)15(22)9-14/h3-9,11,23,26H,10H2,1-2H3. The Balaban J connectivity index is 1.62. The van der Waals surface area contributed by atoms with Crippen molar-refractivity contribution in [3.63, 3.8) is 0 Å². The van der Waals surface area contributed by atoms with Gasteiger partial charge in [0, 0.05) is 16.6 Å². The second kappa shape index (κ2) is 7.30. The van der Waals surface area contributed by atoms with Crippen LogP contribution in [0.2, 0.25) is 5.02 Å². The van der Waals surface area contributed by atoms with Gasteiger partial charge in [-0.3, -0.25) is 5.41 Å². The molecular formula is C21H18ClN3O2S. The van der Waals surface area contributed by atoms with E-state index in [9.17, 15) is 5.11 Å². The van der Waals surface area contributed by atoms with Gasteiger partial charge in [0.15, 0.2) is 0 Å². The minimum atomic E-state index is 0.127. The van der Waals surface area contributed by atoms with Crippen LogP contribution in [0.4, 0.5) is 5.69 Å². The maximum atomic E-state index is 10.5. The lowest BCUT2D eigenvalue weighted by Crippen LogP contribution is -2.26. The summed E-state index contributed by atoms with van der Waals surface area (Å²) >= 11 is 7.64. The fraction of sp³-hybridized carbons (Fsp3) is 0.143. The maximum Gasteiger partial charge on any atom is 0.139 e. The Morgan fingerprint density at radius 1 is 1.21 bits per heavy atom. The summed E-state index contributed by atoms with van der Waals surface area (Å²) in [6, 6.07) is 13.4. The molecule has 0 radical (unpaired) electrons. The summed E-state index contributed by atoms with van der Waals surface area (Å²) in [5.74, 6) is 0.890. The third kappa shape index (κ3) is 3.25. The van der Waals surface area contributed by atoms with Gasteiger partial charge in [-0.15, -0.1) is 11.3 Å². The molecule has 0 spiro atoms. The van der Waals surface area contributed by atoms with Crippen molar-refractivity contribution in [1.29, 1.82) is 5.41 Å². The maximum absolute atomic E-state index is 10.5. The van der Waals surface area contributed by atoms with Crippen LogP contribution in [-0.4, -0.2) is 29.6 Å². The lowest BCUT2D eigenvalue weighted by molar-refractivity contribution is 0.411. The van der Waals surface area contributed by atoms with Crippen LogP contribution in [0.1, 0.15) is 10.6 Å². The number of nitrogens with one attached hydrogen (secondary N) is 1. The molecule has 2 heterocycles. The van der Waals surface area contributed by atoms with Gasteiger partial charge < -0.3 is 14.7 Å². The molecule has 2 aromatic carbocycles. The van der Waals surface area contributed by atoms with Crippen molar-refractivity contribution in [3.05, 3.63) is 69.2 Å². The molecule has 28 heavy (non-hydrogen) atoms. The Morgan fingerprint density at radius 2 is 1.96 bits per heavy atom. The van der Waals surface area contributed by atoms with Crippen molar-refractivity contribution < 1.29 is 9.84 Å². The molecule has 1 aliphatic heterocycles. The van der Waals surface area contributed by atoms with Crippen molar-refractivity contribution >= 4 is 40.0 Å². The Labute approximate surface area is 172 Å². The number of aliphatic hydroxyl groups is 1. The highest BCUT2D eigenvalue weighted by atomic mass is 35.5. The highest BCUT2D eigenvalue weighted by molar-refractivity contribution is 7.11. The Kier molecular flexibility index (Phi) is 4.83. The molecule has 7 heteroatoms. The topological polar surface area (TPSA) is 69.4 Å². The average molecular weight is 412 g/mol. The Hall–Kier alpha value is -2.83. The molecule has 5 nitrogen and oxygen atoms in total. The van der Waals surface area contributed by atoms with Gasteiger partial charge in [-0.25, -0.2) is 4.98 Å². The van der Waals surface area contributed by atoms with E-state index in [-0.39, 0.29) is 18.1 Å². The number of thiazole rings is 1. The summed E-state index contributed by atoms with van der Waals surface area (Å²) in [5.41, 5.74) is 4.20.